The molecule has 0 fully saturated rings. The molecule has 0 atom stereocenters. The van der Waals surface area contributed by atoms with Gasteiger partial charge in [-0.1, -0.05) is 23.7 Å². The molecule has 1 aromatic rings. The Bertz CT molecular complexity index is 346. The summed E-state index contributed by atoms with van der Waals surface area (Å²) in [5.41, 5.74) is 1.64. The Morgan fingerprint density at radius 3 is 2.88 bits per heavy atom. The highest BCUT2D eigenvalue weighted by atomic mass is 35.5. The third kappa shape index (κ3) is 3.83. The summed E-state index contributed by atoms with van der Waals surface area (Å²) in [4.78, 5) is 11.5. The van der Waals surface area contributed by atoms with Gasteiger partial charge in [-0.2, -0.15) is 0 Å². The summed E-state index contributed by atoms with van der Waals surface area (Å²) >= 11 is 5.99. The number of amides is 1. The Balaban J connectivity index is 2.56. The molecule has 1 aromatic carbocycles. The predicted octanol–water partition coefficient (Wildman–Crippen LogP) is 3.01. The van der Waals surface area contributed by atoms with Crippen molar-refractivity contribution in [2.45, 2.75) is 20.3 Å². The first kappa shape index (κ1) is 13.0. The van der Waals surface area contributed by atoms with Gasteiger partial charge in [0.1, 0.15) is 0 Å². The molecule has 0 aromatic heterocycles. The number of nitrogens with one attached hydrogen (secondary N) is 1. The summed E-state index contributed by atoms with van der Waals surface area (Å²) in [6, 6.07) is 5.52. The van der Waals surface area contributed by atoms with Crippen LogP contribution in [0.15, 0.2) is 18.2 Å². The van der Waals surface area contributed by atoms with Gasteiger partial charge in [-0.05, 0) is 25.5 Å². The molecule has 0 aliphatic heterocycles. The van der Waals surface area contributed by atoms with Gasteiger partial charge in [0.05, 0.1) is 23.7 Å². The lowest BCUT2D eigenvalue weighted by Crippen LogP contribution is -2.15. The Morgan fingerprint density at radius 1 is 1.50 bits per heavy atom. The van der Waals surface area contributed by atoms with Crippen LogP contribution in [0, 0.1) is 6.92 Å². The predicted molar refractivity (Wildman–Crippen MR) is 65.9 cm³/mol. The molecule has 3 nitrogen and oxygen atoms in total. The maximum absolute atomic E-state index is 11.5. The lowest BCUT2D eigenvalue weighted by atomic mass is 10.2. The molecule has 88 valence electrons. The van der Waals surface area contributed by atoms with Crippen molar-refractivity contribution < 1.29 is 9.53 Å². The molecule has 16 heavy (non-hydrogen) atoms. The molecule has 4 heteroatoms. The fourth-order valence-corrected chi connectivity index (χ4v) is 1.57. The van der Waals surface area contributed by atoms with Crippen LogP contribution in [0.1, 0.15) is 18.9 Å². The molecule has 0 unspecified atom stereocenters. The Labute approximate surface area is 101 Å². The van der Waals surface area contributed by atoms with Gasteiger partial charge in [-0.15, -0.1) is 0 Å². The van der Waals surface area contributed by atoms with Crippen molar-refractivity contribution in [2.75, 3.05) is 18.5 Å². The van der Waals surface area contributed by atoms with Crippen molar-refractivity contribution in [3.8, 4) is 0 Å². The number of rotatable bonds is 5. The molecule has 0 saturated carbocycles. The van der Waals surface area contributed by atoms with Gasteiger partial charge in [0, 0.05) is 6.61 Å². The first-order valence-corrected chi connectivity index (χ1v) is 5.65. The molecule has 0 saturated heterocycles. The highest BCUT2D eigenvalue weighted by Crippen LogP contribution is 2.25. The molecule has 0 bridgehead atoms. The standard InChI is InChI=1S/C12H16ClNO2/c1-3-16-8-7-11(15)14-12-9(2)5-4-6-10(12)13/h4-6H,3,7-8H2,1-2H3,(H,14,15). The van der Waals surface area contributed by atoms with E-state index in [1.807, 2.05) is 26.0 Å². The van der Waals surface area contributed by atoms with Crippen molar-refractivity contribution in [1.29, 1.82) is 0 Å². The van der Waals surface area contributed by atoms with Gasteiger partial charge in [0.15, 0.2) is 0 Å². The number of benzene rings is 1. The van der Waals surface area contributed by atoms with E-state index in [-0.39, 0.29) is 5.91 Å². The summed E-state index contributed by atoms with van der Waals surface area (Å²) < 4.78 is 5.11. The number of ether oxygens (including phenoxy) is 1. The van der Waals surface area contributed by atoms with Crippen LogP contribution in [-0.2, 0) is 9.53 Å². The zero-order valence-electron chi connectivity index (χ0n) is 9.55. The second kappa shape index (κ2) is 6.51. The molecule has 1 rings (SSSR count). The molecule has 0 spiro atoms. The van der Waals surface area contributed by atoms with Crippen molar-refractivity contribution in [1.82, 2.24) is 0 Å². The molecule has 0 radical (unpaired) electrons. The van der Waals surface area contributed by atoms with Crippen molar-refractivity contribution in [3.05, 3.63) is 28.8 Å². The van der Waals surface area contributed by atoms with Gasteiger partial charge in [-0.25, -0.2) is 0 Å². The Morgan fingerprint density at radius 2 is 2.25 bits per heavy atom. The number of anilines is 1. The van der Waals surface area contributed by atoms with Crippen LogP contribution in [-0.4, -0.2) is 19.1 Å². The second-order valence-corrected chi connectivity index (χ2v) is 3.83. The second-order valence-electron chi connectivity index (χ2n) is 3.43. The number of hydrogen-bond donors (Lipinski definition) is 1. The van der Waals surface area contributed by atoms with E-state index >= 15 is 0 Å². The monoisotopic (exact) mass is 241 g/mol. The first-order chi connectivity index (χ1) is 7.65. The summed E-state index contributed by atoms with van der Waals surface area (Å²) in [7, 11) is 0. The van der Waals surface area contributed by atoms with Crippen molar-refractivity contribution >= 4 is 23.2 Å². The maximum Gasteiger partial charge on any atom is 0.226 e. The molecule has 0 heterocycles. The smallest absolute Gasteiger partial charge is 0.226 e. The fourth-order valence-electron chi connectivity index (χ4n) is 1.30. The van der Waals surface area contributed by atoms with Crippen molar-refractivity contribution in [2.24, 2.45) is 0 Å². The Hall–Kier alpha value is -1.06. The van der Waals surface area contributed by atoms with Crippen LogP contribution in [0.4, 0.5) is 5.69 Å². The third-order valence-electron chi connectivity index (χ3n) is 2.16. The molecular formula is C12H16ClNO2. The van der Waals surface area contributed by atoms with E-state index in [1.165, 1.54) is 0 Å². The van der Waals surface area contributed by atoms with Gasteiger partial charge >= 0.3 is 0 Å². The minimum absolute atomic E-state index is 0.0790. The zero-order chi connectivity index (χ0) is 12.0. The van der Waals surface area contributed by atoms with Crippen LogP contribution in [0.5, 0.6) is 0 Å². The van der Waals surface area contributed by atoms with E-state index in [0.29, 0.717) is 30.3 Å². The summed E-state index contributed by atoms with van der Waals surface area (Å²) in [5.74, 6) is -0.0790. The minimum atomic E-state index is -0.0790. The van der Waals surface area contributed by atoms with E-state index in [1.54, 1.807) is 6.07 Å². The van der Waals surface area contributed by atoms with Crippen LogP contribution < -0.4 is 5.32 Å². The van der Waals surface area contributed by atoms with Crippen LogP contribution >= 0.6 is 11.6 Å². The van der Waals surface area contributed by atoms with E-state index in [0.717, 1.165) is 5.56 Å². The summed E-state index contributed by atoms with van der Waals surface area (Å²) in [6.45, 7) is 4.87. The van der Waals surface area contributed by atoms with E-state index in [4.69, 9.17) is 16.3 Å². The van der Waals surface area contributed by atoms with Gasteiger partial charge < -0.3 is 10.1 Å². The average Bonchev–Trinajstić information content (AvgIpc) is 2.24. The number of para-hydroxylation sites is 1. The fraction of sp³-hybridized carbons (Fsp3) is 0.417. The first-order valence-electron chi connectivity index (χ1n) is 5.28. The van der Waals surface area contributed by atoms with E-state index in [2.05, 4.69) is 5.32 Å². The Kier molecular flexibility index (Phi) is 5.29. The van der Waals surface area contributed by atoms with Crippen LogP contribution in [0.25, 0.3) is 0 Å². The number of carbonyl (C=O) groups is 1. The molecule has 0 aliphatic rings. The van der Waals surface area contributed by atoms with Gasteiger partial charge in [-0.3, -0.25) is 4.79 Å². The quantitative estimate of drug-likeness (QED) is 0.805. The lowest BCUT2D eigenvalue weighted by molar-refractivity contribution is -0.117. The number of hydrogen-bond acceptors (Lipinski definition) is 2. The number of carbonyl (C=O) groups excluding carboxylic acids is 1. The number of halogens is 1. The highest BCUT2D eigenvalue weighted by Gasteiger charge is 2.07. The van der Waals surface area contributed by atoms with Crippen LogP contribution in [0.2, 0.25) is 5.02 Å². The van der Waals surface area contributed by atoms with Gasteiger partial charge in [0.25, 0.3) is 0 Å². The summed E-state index contributed by atoms with van der Waals surface area (Å²) in [5, 5.41) is 3.35. The SMILES string of the molecule is CCOCCC(=O)Nc1c(C)cccc1Cl. The minimum Gasteiger partial charge on any atom is -0.381 e. The topological polar surface area (TPSA) is 38.3 Å². The van der Waals surface area contributed by atoms with Gasteiger partial charge in [0.2, 0.25) is 5.91 Å². The summed E-state index contributed by atoms with van der Waals surface area (Å²) in [6.07, 6.45) is 0.346. The zero-order valence-corrected chi connectivity index (χ0v) is 10.3. The molecular weight excluding hydrogens is 226 g/mol. The van der Waals surface area contributed by atoms with E-state index < -0.39 is 0 Å². The molecule has 1 amide bonds. The lowest BCUT2D eigenvalue weighted by Gasteiger charge is -2.10. The number of aryl methyl sites for hydroxylation is 1. The van der Waals surface area contributed by atoms with E-state index in [9.17, 15) is 4.79 Å². The average molecular weight is 242 g/mol. The maximum atomic E-state index is 11.5. The molecule has 1 N–H and O–H groups in total. The molecule has 0 aliphatic carbocycles. The third-order valence-corrected chi connectivity index (χ3v) is 2.48. The largest absolute Gasteiger partial charge is 0.381 e. The normalized spacial score (nSPS) is 10.2. The van der Waals surface area contributed by atoms with Crippen molar-refractivity contribution in [3.63, 3.8) is 0 Å². The highest BCUT2D eigenvalue weighted by molar-refractivity contribution is 6.33. The van der Waals surface area contributed by atoms with Crippen LogP contribution in [0.3, 0.4) is 0 Å².